The van der Waals surface area contributed by atoms with Crippen molar-refractivity contribution in [1.82, 2.24) is 5.32 Å². The van der Waals surface area contributed by atoms with Crippen molar-refractivity contribution >= 4 is 0 Å². The third-order valence-corrected chi connectivity index (χ3v) is 2.83. The summed E-state index contributed by atoms with van der Waals surface area (Å²) in [6.07, 6.45) is 0. The molecule has 1 unspecified atom stereocenters. The van der Waals surface area contributed by atoms with Crippen LogP contribution < -0.4 is 11.1 Å². The summed E-state index contributed by atoms with van der Waals surface area (Å²) >= 11 is 0. The van der Waals surface area contributed by atoms with Crippen LogP contribution in [0.15, 0.2) is 0 Å². The van der Waals surface area contributed by atoms with Crippen molar-refractivity contribution in [1.29, 1.82) is 0 Å². The summed E-state index contributed by atoms with van der Waals surface area (Å²) in [4.78, 5) is 0. The van der Waals surface area contributed by atoms with Crippen molar-refractivity contribution in [2.75, 3.05) is 13.1 Å². The molecule has 2 aliphatic rings. The van der Waals surface area contributed by atoms with E-state index in [1.54, 1.807) is 0 Å². The van der Waals surface area contributed by atoms with Crippen LogP contribution in [0.25, 0.3) is 0 Å². The van der Waals surface area contributed by atoms with E-state index < -0.39 is 0 Å². The molecule has 1 heterocycles. The topological polar surface area (TPSA) is 38.0 Å². The summed E-state index contributed by atoms with van der Waals surface area (Å²) in [6.45, 7) is 4.43. The van der Waals surface area contributed by atoms with E-state index in [2.05, 4.69) is 12.2 Å². The summed E-state index contributed by atoms with van der Waals surface area (Å²) in [5.74, 6) is 1.58. The molecule has 46 valence electrons. The first-order valence-electron chi connectivity index (χ1n) is 3.25. The zero-order valence-electron chi connectivity index (χ0n) is 5.15. The lowest BCUT2D eigenvalue weighted by Crippen LogP contribution is -2.32. The highest BCUT2D eigenvalue weighted by Crippen LogP contribution is 2.49. The summed E-state index contributed by atoms with van der Waals surface area (Å²) < 4.78 is 0. The first-order valence-corrected chi connectivity index (χ1v) is 3.25. The Kier molecular flexibility index (Phi) is 0.649. The maximum Gasteiger partial charge on any atom is 0.0354 e. The Morgan fingerprint density at radius 2 is 2.50 bits per heavy atom. The van der Waals surface area contributed by atoms with Gasteiger partial charge in [0.25, 0.3) is 0 Å². The Balaban J connectivity index is 2.18. The minimum Gasteiger partial charge on any atom is -0.323 e. The average molecular weight is 112 g/mol. The molecule has 2 rings (SSSR count). The molecule has 0 aromatic rings. The lowest BCUT2D eigenvalue weighted by Gasteiger charge is -2.03. The molecule has 2 fully saturated rings. The van der Waals surface area contributed by atoms with Crippen LogP contribution >= 0.6 is 0 Å². The molecule has 3 N–H and O–H groups in total. The van der Waals surface area contributed by atoms with Gasteiger partial charge in [0.15, 0.2) is 0 Å². The summed E-state index contributed by atoms with van der Waals surface area (Å²) in [5, 5.41) is 3.27. The van der Waals surface area contributed by atoms with Crippen molar-refractivity contribution in [3.05, 3.63) is 0 Å². The number of rotatable bonds is 0. The highest BCUT2D eigenvalue weighted by atomic mass is 15.1. The van der Waals surface area contributed by atoms with Gasteiger partial charge in [-0.05, 0) is 11.8 Å². The van der Waals surface area contributed by atoms with Gasteiger partial charge in [-0.2, -0.15) is 0 Å². The van der Waals surface area contributed by atoms with Gasteiger partial charge in [-0.15, -0.1) is 0 Å². The van der Waals surface area contributed by atoms with E-state index in [-0.39, 0.29) is 5.54 Å². The molecule has 1 aliphatic heterocycles. The SMILES string of the molecule is C[C@@H]1C2CNC[C@]21N. The predicted molar refractivity (Wildman–Crippen MR) is 32.4 cm³/mol. The molecule has 2 heteroatoms. The average Bonchev–Trinajstić information content (AvgIpc) is 2.23. The molecule has 0 aromatic carbocycles. The fourth-order valence-corrected chi connectivity index (χ4v) is 1.86. The van der Waals surface area contributed by atoms with Gasteiger partial charge in [-0.3, -0.25) is 0 Å². The Morgan fingerprint density at radius 3 is 2.75 bits per heavy atom. The zero-order chi connectivity index (χ0) is 5.78. The number of nitrogens with one attached hydrogen (secondary N) is 1. The van der Waals surface area contributed by atoms with Crippen LogP contribution in [0.1, 0.15) is 6.92 Å². The molecular formula is C6H12N2. The second-order valence-electron chi connectivity index (χ2n) is 3.14. The standard InChI is InChI=1S/C6H12N2/c1-4-5-2-8-3-6(4,5)7/h4-5,8H,2-3,7H2,1H3/t4-,5?,6-/m1/s1. The molecule has 0 aromatic heterocycles. The Labute approximate surface area is 49.4 Å². The fourth-order valence-electron chi connectivity index (χ4n) is 1.86. The van der Waals surface area contributed by atoms with Gasteiger partial charge in [0.2, 0.25) is 0 Å². The van der Waals surface area contributed by atoms with Crippen molar-refractivity contribution in [2.24, 2.45) is 17.6 Å². The number of fused-ring (bicyclic) bond motifs is 1. The first-order chi connectivity index (χ1) is 3.75. The highest BCUT2D eigenvalue weighted by Gasteiger charge is 2.61. The van der Waals surface area contributed by atoms with Crippen LogP contribution in [0.4, 0.5) is 0 Å². The molecular weight excluding hydrogens is 100 g/mol. The van der Waals surface area contributed by atoms with E-state index >= 15 is 0 Å². The van der Waals surface area contributed by atoms with E-state index in [0.717, 1.165) is 24.9 Å². The lowest BCUT2D eigenvalue weighted by molar-refractivity contribution is 0.585. The molecule has 1 aliphatic carbocycles. The summed E-state index contributed by atoms with van der Waals surface area (Å²) in [5.41, 5.74) is 6.14. The molecule has 0 amide bonds. The molecule has 0 radical (unpaired) electrons. The van der Waals surface area contributed by atoms with Gasteiger partial charge in [-0.25, -0.2) is 0 Å². The number of nitrogens with two attached hydrogens (primary N) is 1. The zero-order valence-corrected chi connectivity index (χ0v) is 5.15. The van der Waals surface area contributed by atoms with E-state index in [4.69, 9.17) is 5.73 Å². The first kappa shape index (κ1) is 4.77. The van der Waals surface area contributed by atoms with Crippen LogP contribution in [0.3, 0.4) is 0 Å². The van der Waals surface area contributed by atoms with Gasteiger partial charge in [-0.1, -0.05) is 6.92 Å². The largest absolute Gasteiger partial charge is 0.323 e. The Hall–Kier alpha value is -0.0800. The molecule has 1 saturated carbocycles. The predicted octanol–water partition coefficient (Wildman–Crippen LogP) is -0.447. The maximum atomic E-state index is 5.93. The highest BCUT2D eigenvalue weighted by molar-refractivity contribution is 5.19. The van der Waals surface area contributed by atoms with Crippen molar-refractivity contribution < 1.29 is 0 Å². The number of hydrogen-bond acceptors (Lipinski definition) is 2. The van der Waals surface area contributed by atoms with Crippen LogP contribution in [-0.2, 0) is 0 Å². The minimum atomic E-state index is 0.208. The van der Waals surface area contributed by atoms with Crippen molar-refractivity contribution in [3.8, 4) is 0 Å². The Bertz CT molecular complexity index is 124. The van der Waals surface area contributed by atoms with E-state index in [1.165, 1.54) is 0 Å². The second kappa shape index (κ2) is 1.09. The number of hydrogen-bond donors (Lipinski definition) is 2. The second-order valence-corrected chi connectivity index (χ2v) is 3.14. The van der Waals surface area contributed by atoms with Gasteiger partial charge < -0.3 is 11.1 Å². The summed E-state index contributed by atoms with van der Waals surface area (Å²) in [7, 11) is 0. The van der Waals surface area contributed by atoms with Crippen LogP contribution in [-0.4, -0.2) is 18.6 Å². The number of piperidine rings is 1. The molecule has 8 heavy (non-hydrogen) atoms. The third-order valence-electron chi connectivity index (χ3n) is 2.83. The van der Waals surface area contributed by atoms with E-state index in [0.29, 0.717) is 0 Å². The molecule has 2 nitrogen and oxygen atoms in total. The van der Waals surface area contributed by atoms with Gasteiger partial charge in [0, 0.05) is 18.6 Å². The molecule has 0 bridgehead atoms. The van der Waals surface area contributed by atoms with E-state index in [1.807, 2.05) is 0 Å². The maximum absolute atomic E-state index is 5.93. The van der Waals surface area contributed by atoms with Crippen LogP contribution in [0.5, 0.6) is 0 Å². The minimum absolute atomic E-state index is 0.208. The smallest absolute Gasteiger partial charge is 0.0354 e. The molecule has 3 atom stereocenters. The van der Waals surface area contributed by atoms with Crippen LogP contribution in [0.2, 0.25) is 0 Å². The van der Waals surface area contributed by atoms with Crippen LogP contribution in [0, 0.1) is 11.8 Å². The van der Waals surface area contributed by atoms with Gasteiger partial charge in [0.1, 0.15) is 0 Å². The monoisotopic (exact) mass is 112 g/mol. The van der Waals surface area contributed by atoms with Gasteiger partial charge in [0.05, 0.1) is 0 Å². The normalized spacial score (nSPS) is 60.8. The fraction of sp³-hybridized carbons (Fsp3) is 1.00. The van der Waals surface area contributed by atoms with E-state index in [9.17, 15) is 0 Å². The lowest BCUT2D eigenvalue weighted by atomic mass is 10.2. The molecule has 1 saturated heterocycles. The quantitative estimate of drug-likeness (QED) is 0.445. The Morgan fingerprint density at radius 1 is 1.75 bits per heavy atom. The van der Waals surface area contributed by atoms with Crippen molar-refractivity contribution in [3.63, 3.8) is 0 Å². The molecule has 0 spiro atoms. The summed E-state index contributed by atoms with van der Waals surface area (Å²) in [6, 6.07) is 0. The third kappa shape index (κ3) is 0.327. The van der Waals surface area contributed by atoms with Crippen molar-refractivity contribution in [2.45, 2.75) is 12.5 Å². The van der Waals surface area contributed by atoms with Gasteiger partial charge >= 0.3 is 0 Å².